The number of amides is 1. The second-order valence-electron chi connectivity index (χ2n) is 5.18. The Balaban J connectivity index is 1.87. The van der Waals surface area contributed by atoms with Crippen molar-refractivity contribution in [3.05, 3.63) is 0 Å². The lowest BCUT2D eigenvalue weighted by Gasteiger charge is -2.35. The predicted molar refractivity (Wildman–Crippen MR) is 71.1 cm³/mol. The molecule has 0 radical (unpaired) electrons. The van der Waals surface area contributed by atoms with Gasteiger partial charge in [0, 0.05) is 24.3 Å². The van der Waals surface area contributed by atoms with Crippen LogP contribution in [-0.2, 0) is 4.79 Å². The Morgan fingerprint density at radius 3 is 2.82 bits per heavy atom. The first-order chi connectivity index (χ1) is 8.20. The number of carbonyl (C=O) groups is 1. The van der Waals surface area contributed by atoms with Gasteiger partial charge in [-0.1, -0.05) is 13.3 Å². The number of hydrogen-bond donors (Lipinski definition) is 1. The number of thioether (sulfide) groups is 1. The quantitative estimate of drug-likeness (QED) is 0.839. The highest BCUT2D eigenvalue weighted by Gasteiger charge is 2.36. The van der Waals surface area contributed by atoms with Gasteiger partial charge in [0.1, 0.15) is 0 Å². The second-order valence-corrected chi connectivity index (χ2v) is 6.76. The Hall–Kier alpha value is -0.220. The fraction of sp³-hybridized carbons (Fsp3) is 0.923. The summed E-state index contributed by atoms with van der Waals surface area (Å²) < 4.78 is 0. The maximum absolute atomic E-state index is 12.2. The van der Waals surface area contributed by atoms with E-state index in [0.29, 0.717) is 24.0 Å². The molecule has 1 aliphatic heterocycles. The average Bonchev–Trinajstić information content (AvgIpc) is 2.50. The normalized spacial score (nSPS) is 34.0. The van der Waals surface area contributed by atoms with Crippen molar-refractivity contribution in [3.8, 4) is 0 Å². The van der Waals surface area contributed by atoms with Crippen molar-refractivity contribution < 1.29 is 9.90 Å². The third kappa shape index (κ3) is 3.38. The van der Waals surface area contributed by atoms with Crippen LogP contribution in [-0.4, -0.2) is 46.1 Å². The molecule has 3 nitrogen and oxygen atoms in total. The lowest BCUT2D eigenvalue weighted by Crippen LogP contribution is -2.45. The summed E-state index contributed by atoms with van der Waals surface area (Å²) in [6.45, 7) is 4.03. The molecular weight excluding hydrogens is 234 g/mol. The first kappa shape index (κ1) is 13.2. The van der Waals surface area contributed by atoms with Gasteiger partial charge in [0.15, 0.2) is 0 Å². The molecule has 1 unspecified atom stereocenters. The molecule has 1 saturated heterocycles. The van der Waals surface area contributed by atoms with Crippen molar-refractivity contribution in [1.82, 2.24) is 4.90 Å². The molecule has 0 spiro atoms. The minimum Gasteiger partial charge on any atom is -0.393 e. The van der Waals surface area contributed by atoms with E-state index < -0.39 is 0 Å². The van der Waals surface area contributed by atoms with Gasteiger partial charge >= 0.3 is 0 Å². The zero-order chi connectivity index (χ0) is 12.3. The molecule has 0 aromatic carbocycles. The summed E-state index contributed by atoms with van der Waals surface area (Å²) in [6.07, 6.45) is 4.77. The van der Waals surface area contributed by atoms with Crippen LogP contribution >= 0.6 is 11.8 Å². The number of likely N-dealkylation sites (tertiary alicyclic amines) is 1. The van der Waals surface area contributed by atoms with Gasteiger partial charge in [-0.2, -0.15) is 11.8 Å². The molecule has 1 N–H and O–H groups in total. The van der Waals surface area contributed by atoms with Crippen molar-refractivity contribution in [2.75, 3.05) is 18.8 Å². The Labute approximate surface area is 108 Å². The van der Waals surface area contributed by atoms with Crippen LogP contribution in [0.5, 0.6) is 0 Å². The van der Waals surface area contributed by atoms with Crippen molar-refractivity contribution in [1.29, 1.82) is 0 Å². The van der Waals surface area contributed by atoms with Crippen LogP contribution in [0, 0.1) is 5.92 Å². The fourth-order valence-electron chi connectivity index (χ4n) is 2.72. The van der Waals surface area contributed by atoms with Crippen LogP contribution < -0.4 is 0 Å². The molecule has 2 rings (SSSR count). The Kier molecular flexibility index (Phi) is 4.74. The molecule has 2 aliphatic rings. The van der Waals surface area contributed by atoms with Crippen LogP contribution in [0.2, 0.25) is 0 Å². The van der Waals surface area contributed by atoms with Crippen LogP contribution in [0.3, 0.4) is 0 Å². The van der Waals surface area contributed by atoms with Crippen molar-refractivity contribution >= 4 is 17.7 Å². The highest BCUT2D eigenvalue weighted by Crippen LogP contribution is 2.31. The van der Waals surface area contributed by atoms with E-state index in [2.05, 4.69) is 11.8 Å². The van der Waals surface area contributed by atoms with Gasteiger partial charge in [0.2, 0.25) is 5.91 Å². The zero-order valence-corrected chi connectivity index (χ0v) is 11.4. The zero-order valence-electron chi connectivity index (χ0n) is 10.6. The molecule has 1 aliphatic carbocycles. The fourth-order valence-corrected chi connectivity index (χ4v) is 3.81. The van der Waals surface area contributed by atoms with Crippen molar-refractivity contribution in [2.45, 2.75) is 50.4 Å². The van der Waals surface area contributed by atoms with Gasteiger partial charge in [-0.3, -0.25) is 4.79 Å². The lowest BCUT2D eigenvalue weighted by atomic mass is 9.81. The summed E-state index contributed by atoms with van der Waals surface area (Å²) in [5.74, 6) is 1.53. The smallest absolute Gasteiger partial charge is 0.225 e. The minimum atomic E-state index is -0.225. The number of hydrogen-bond acceptors (Lipinski definition) is 3. The highest BCUT2D eigenvalue weighted by molar-refractivity contribution is 7.99. The molecule has 1 atom stereocenters. The van der Waals surface area contributed by atoms with Crippen LogP contribution in [0.15, 0.2) is 0 Å². The summed E-state index contributed by atoms with van der Waals surface area (Å²) in [4.78, 5) is 14.3. The average molecular weight is 257 g/mol. The molecule has 17 heavy (non-hydrogen) atoms. The largest absolute Gasteiger partial charge is 0.393 e. The van der Waals surface area contributed by atoms with E-state index in [0.717, 1.165) is 25.3 Å². The molecule has 0 bridgehead atoms. The molecule has 4 heteroatoms. The summed E-state index contributed by atoms with van der Waals surface area (Å²) in [6, 6.07) is 0. The first-order valence-electron chi connectivity index (χ1n) is 6.79. The maximum atomic E-state index is 12.2. The van der Waals surface area contributed by atoms with Gasteiger partial charge in [-0.25, -0.2) is 0 Å². The predicted octanol–water partition coefficient (Wildman–Crippen LogP) is 1.89. The highest BCUT2D eigenvalue weighted by atomic mass is 32.2. The topological polar surface area (TPSA) is 40.5 Å². The molecular formula is C13H23NO2S. The summed E-state index contributed by atoms with van der Waals surface area (Å²) in [7, 11) is 0. The third-order valence-corrected chi connectivity index (χ3v) is 4.99. The lowest BCUT2D eigenvalue weighted by molar-refractivity contribution is -0.142. The van der Waals surface area contributed by atoms with Crippen LogP contribution in [0.1, 0.15) is 39.0 Å². The first-order valence-corrected chi connectivity index (χ1v) is 7.84. The van der Waals surface area contributed by atoms with Crippen LogP contribution in [0.25, 0.3) is 0 Å². The number of rotatable bonds is 3. The van der Waals surface area contributed by atoms with Crippen molar-refractivity contribution in [3.63, 3.8) is 0 Å². The Morgan fingerprint density at radius 2 is 2.18 bits per heavy atom. The van der Waals surface area contributed by atoms with E-state index in [1.54, 1.807) is 0 Å². The van der Waals surface area contributed by atoms with Gasteiger partial charge in [0.05, 0.1) is 6.10 Å². The number of nitrogens with zero attached hydrogens (tertiary/aromatic N) is 1. The monoisotopic (exact) mass is 257 g/mol. The maximum Gasteiger partial charge on any atom is 0.225 e. The van der Waals surface area contributed by atoms with Gasteiger partial charge < -0.3 is 10.0 Å². The SMILES string of the molecule is CCSC1CCCCN(C(=O)C2CC(O)C2)C1. The van der Waals surface area contributed by atoms with E-state index in [-0.39, 0.29) is 12.0 Å². The van der Waals surface area contributed by atoms with E-state index in [9.17, 15) is 9.90 Å². The molecule has 1 saturated carbocycles. The molecule has 0 aromatic heterocycles. The van der Waals surface area contributed by atoms with Gasteiger partial charge in [-0.15, -0.1) is 0 Å². The van der Waals surface area contributed by atoms with Gasteiger partial charge in [-0.05, 0) is 31.4 Å². The summed E-state index contributed by atoms with van der Waals surface area (Å²) >= 11 is 1.98. The van der Waals surface area contributed by atoms with E-state index >= 15 is 0 Å². The Bertz CT molecular complexity index is 266. The second kappa shape index (κ2) is 6.10. The molecule has 98 valence electrons. The standard InChI is InChI=1S/C13H23NO2S/c1-2-17-12-5-3-4-6-14(9-12)13(16)10-7-11(15)8-10/h10-12,15H,2-9H2,1H3. The number of carbonyl (C=O) groups excluding carboxylic acids is 1. The molecule has 0 aromatic rings. The van der Waals surface area contributed by atoms with E-state index in [4.69, 9.17) is 0 Å². The molecule has 1 amide bonds. The summed E-state index contributed by atoms with van der Waals surface area (Å²) in [5, 5.41) is 9.90. The van der Waals surface area contributed by atoms with Gasteiger partial charge in [0.25, 0.3) is 0 Å². The van der Waals surface area contributed by atoms with E-state index in [1.807, 2.05) is 11.8 Å². The summed E-state index contributed by atoms with van der Waals surface area (Å²) in [5.41, 5.74) is 0. The minimum absolute atomic E-state index is 0.107. The van der Waals surface area contributed by atoms with Crippen molar-refractivity contribution in [2.24, 2.45) is 5.92 Å². The van der Waals surface area contributed by atoms with Crippen LogP contribution in [0.4, 0.5) is 0 Å². The number of aliphatic hydroxyl groups excluding tert-OH is 1. The number of aliphatic hydroxyl groups is 1. The third-order valence-electron chi connectivity index (χ3n) is 3.80. The van der Waals surface area contributed by atoms with E-state index in [1.165, 1.54) is 12.8 Å². The Morgan fingerprint density at radius 1 is 1.41 bits per heavy atom. The molecule has 2 fully saturated rings. The molecule has 1 heterocycles.